The molecule has 1 amide bonds. The van der Waals surface area contributed by atoms with Crippen LogP contribution in [-0.2, 0) is 14.3 Å². The fourth-order valence-corrected chi connectivity index (χ4v) is 2.95. The van der Waals surface area contributed by atoms with Crippen LogP contribution in [-0.4, -0.2) is 56.4 Å². The number of amides is 1. The highest BCUT2D eigenvalue weighted by Crippen LogP contribution is 2.20. The first-order valence-corrected chi connectivity index (χ1v) is 7.99. The molecule has 0 spiro atoms. The molecule has 0 N–H and O–H groups in total. The van der Waals surface area contributed by atoms with Gasteiger partial charge in [-0.1, -0.05) is 18.2 Å². The van der Waals surface area contributed by atoms with E-state index in [9.17, 15) is 4.79 Å². The van der Waals surface area contributed by atoms with Crippen molar-refractivity contribution in [2.24, 2.45) is 5.92 Å². The van der Waals surface area contributed by atoms with Crippen molar-refractivity contribution in [1.29, 1.82) is 0 Å². The second kappa shape index (κ2) is 7.61. The zero-order valence-electron chi connectivity index (χ0n) is 12.8. The zero-order valence-corrected chi connectivity index (χ0v) is 12.8. The highest BCUT2D eigenvalue weighted by molar-refractivity contribution is 5.79. The average molecular weight is 305 g/mol. The lowest BCUT2D eigenvalue weighted by Crippen LogP contribution is -2.44. The van der Waals surface area contributed by atoms with Crippen LogP contribution in [0.3, 0.4) is 0 Å². The van der Waals surface area contributed by atoms with Crippen LogP contribution in [0.15, 0.2) is 30.3 Å². The van der Waals surface area contributed by atoms with Crippen molar-refractivity contribution in [2.75, 3.05) is 39.5 Å². The average Bonchev–Trinajstić information content (AvgIpc) is 2.81. The quantitative estimate of drug-likeness (QED) is 0.853. The van der Waals surface area contributed by atoms with Gasteiger partial charge in [0.15, 0.2) is 0 Å². The topological polar surface area (TPSA) is 48.0 Å². The van der Waals surface area contributed by atoms with Crippen molar-refractivity contribution >= 4 is 5.91 Å². The van der Waals surface area contributed by atoms with E-state index in [1.807, 2.05) is 35.2 Å². The first kappa shape index (κ1) is 15.3. The lowest BCUT2D eigenvalue weighted by molar-refractivity contribution is -0.139. The Morgan fingerprint density at radius 1 is 1.09 bits per heavy atom. The summed E-state index contributed by atoms with van der Waals surface area (Å²) in [5, 5.41) is 0. The fourth-order valence-electron chi connectivity index (χ4n) is 2.95. The molecule has 0 saturated carbocycles. The van der Waals surface area contributed by atoms with E-state index in [-0.39, 0.29) is 17.9 Å². The minimum atomic E-state index is -0.117. The van der Waals surface area contributed by atoms with Crippen LogP contribution in [0.1, 0.15) is 12.8 Å². The van der Waals surface area contributed by atoms with Crippen molar-refractivity contribution in [1.82, 2.24) is 4.90 Å². The predicted octanol–water partition coefficient (Wildman–Crippen LogP) is 1.72. The third-order valence-corrected chi connectivity index (χ3v) is 4.16. The fraction of sp³-hybridized carbons (Fsp3) is 0.588. The van der Waals surface area contributed by atoms with Gasteiger partial charge in [-0.2, -0.15) is 0 Å². The van der Waals surface area contributed by atoms with Gasteiger partial charge in [0, 0.05) is 25.7 Å². The normalized spacial score (nSPS) is 23.8. The standard InChI is InChI=1S/C17H23NO4/c19-17(14-6-9-20-10-7-14)18-8-11-21-13-16(12-18)22-15-4-2-1-3-5-15/h1-5,14,16H,6-13H2. The molecular weight excluding hydrogens is 282 g/mol. The van der Waals surface area contributed by atoms with Crippen molar-refractivity contribution in [3.05, 3.63) is 30.3 Å². The van der Waals surface area contributed by atoms with Gasteiger partial charge in [-0.3, -0.25) is 4.79 Å². The second-order valence-electron chi connectivity index (χ2n) is 5.80. The molecule has 120 valence electrons. The maximum atomic E-state index is 12.7. The Kier molecular flexibility index (Phi) is 5.29. The summed E-state index contributed by atoms with van der Waals surface area (Å²) in [5.41, 5.74) is 0. The van der Waals surface area contributed by atoms with Crippen LogP contribution in [0.2, 0.25) is 0 Å². The van der Waals surface area contributed by atoms with Gasteiger partial charge < -0.3 is 19.1 Å². The largest absolute Gasteiger partial charge is 0.486 e. The number of hydrogen-bond acceptors (Lipinski definition) is 4. The van der Waals surface area contributed by atoms with Gasteiger partial charge in [0.05, 0.1) is 19.8 Å². The summed E-state index contributed by atoms with van der Waals surface area (Å²) in [4.78, 5) is 14.6. The van der Waals surface area contributed by atoms with Gasteiger partial charge in [0.25, 0.3) is 0 Å². The smallest absolute Gasteiger partial charge is 0.226 e. The molecule has 1 atom stereocenters. The number of ether oxygens (including phenoxy) is 3. The molecule has 2 aliphatic heterocycles. The Hall–Kier alpha value is -1.59. The number of nitrogens with zero attached hydrogens (tertiary/aromatic N) is 1. The molecule has 5 nitrogen and oxygen atoms in total. The molecule has 0 bridgehead atoms. The third kappa shape index (κ3) is 3.99. The molecule has 2 aliphatic rings. The van der Waals surface area contributed by atoms with E-state index < -0.39 is 0 Å². The van der Waals surface area contributed by atoms with E-state index in [1.165, 1.54) is 0 Å². The molecule has 0 radical (unpaired) electrons. The summed E-state index contributed by atoms with van der Waals surface area (Å²) >= 11 is 0. The summed E-state index contributed by atoms with van der Waals surface area (Å²) < 4.78 is 16.9. The van der Waals surface area contributed by atoms with E-state index >= 15 is 0 Å². The highest BCUT2D eigenvalue weighted by Gasteiger charge is 2.30. The van der Waals surface area contributed by atoms with Gasteiger partial charge >= 0.3 is 0 Å². The maximum Gasteiger partial charge on any atom is 0.226 e. The highest BCUT2D eigenvalue weighted by atomic mass is 16.5. The van der Waals surface area contributed by atoms with Crippen molar-refractivity contribution in [2.45, 2.75) is 18.9 Å². The lowest BCUT2D eigenvalue weighted by Gasteiger charge is -2.29. The number of hydrogen-bond donors (Lipinski definition) is 0. The molecule has 5 heteroatoms. The molecular formula is C17H23NO4. The van der Waals surface area contributed by atoms with Crippen LogP contribution in [0.25, 0.3) is 0 Å². The summed E-state index contributed by atoms with van der Waals surface area (Å²) in [6, 6.07) is 9.69. The summed E-state index contributed by atoms with van der Waals surface area (Å²) in [6.07, 6.45) is 1.52. The van der Waals surface area contributed by atoms with Crippen LogP contribution in [0, 0.1) is 5.92 Å². The molecule has 1 aromatic rings. The number of carbonyl (C=O) groups excluding carboxylic acids is 1. The van der Waals surface area contributed by atoms with Crippen molar-refractivity contribution in [3.8, 4) is 5.75 Å². The summed E-state index contributed by atoms with van der Waals surface area (Å²) in [5.74, 6) is 1.12. The molecule has 2 heterocycles. The maximum absolute atomic E-state index is 12.7. The number of para-hydroxylation sites is 1. The number of carbonyl (C=O) groups is 1. The van der Waals surface area contributed by atoms with Gasteiger partial charge in [-0.05, 0) is 25.0 Å². The molecule has 2 saturated heterocycles. The molecule has 2 fully saturated rings. The Morgan fingerprint density at radius 3 is 2.64 bits per heavy atom. The lowest BCUT2D eigenvalue weighted by atomic mass is 9.98. The Bertz CT molecular complexity index is 473. The predicted molar refractivity (Wildman–Crippen MR) is 81.8 cm³/mol. The molecule has 1 aromatic carbocycles. The monoisotopic (exact) mass is 305 g/mol. The van der Waals surface area contributed by atoms with E-state index in [2.05, 4.69) is 0 Å². The van der Waals surface area contributed by atoms with Gasteiger partial charge in [-0.25, -0.2) is 0 Å². The van der Waals surface area contributed by atoms with Crippen LogP contribution in [0.5, 0.6) is 5.75 Å². The number of rotatable bonds is 3. The first-order chi connectivity index (χ1) is 10.8. The summed E-state index contributed by atoms with van der Waals surface area (Å²) in [6.45, 7) is 3.70. The van der Waals surface area contributed by atoms with E-state index in [0.29, 0.717) is 39.5 Å². The Balaban J connectivity index is 1.60. The zero-order chi connectivity index (χ0) is 15.2. The molecule has 0 aliphatic carbocycles. The van der Waals surface area contributed by atoms with E-state index in [4.69, 9.17) is 14.2 Å². The van der Waals surface area contributed by atoms with Crippen molar-refractivity contribution < 1.29 is 19.0 Å². The van der Waals surface area contributed by atoms with Gasteiger partial charge in [0.2, 0.25) is 5.91 Å². The Morgan fingerprint density at radius 2 is 1.86 bits per heavy atom. The summed E-state index contributed by atoms with van der Waals surface area (Å²) in [7, 11) is 0. The Labute approximate surface area is 131 Å². The van der Waals surface area contributed by atoms with E-state index in [0.717, 1.165) is 18.6 Å². The molecule has 0 aromatic heterocycles. The SMILES string of the molecule is O=C(C1CCOCC1)N1CCOCC(Oc2ccccc2)C1. The minimum absolute atomic E-state index is 0.0872. The van der Waals surface area contributed by atoms with Crippen LogP contribution >= 0.6 is 0 Å². The second-order valence-corrected chi connectivity index (χ2v) is 5.80. The first-order valence-electron chi connectivity index (χ1n) is 7.99. The molecule has 22 heavy (non-hydrogen) atoms. The van der Waals surface area contributed by atoms with Gasteiger partial charge in [-0.15, -0.1) is 0 Å². The van der Waals surface area contributed by atoms with Crippen LogP contribution in [0.4, 0.5) is 0 Å². The van der Waals surface area contributed by atoms with Crippen LogP contribution < -0.4 is 4.74 Å². The van der Waals surface area contributed by atoms with Gasteiger partial charge in [0.1, 0.15) is 11.9 Å². The van der Waals surface area contributed by atoms with E-state index in [1.54, 1.807) is 0 Å². The number of benzene rings is 1. The molecule has 3 rings (SSSR count). The minimum Gasteiger partial charge on any atom is -0.486 e. The van der Waals surface area contributed by atoms with Crippen molar-refractivity contribution in [3.63, 3.8) is 0 Å². The third-order valence-electron chi connectivity index (χ3n) is 4.16. The molecule has 1 unspecified atom stereocenters.